The van der Waals surface area contributed by atoms with E-state index >= 15 is 0 Å². The zero-order valence-corrected chi connectivity index (χ0v) is 8.04. The smallest absolute Gasteiger partial charge is 0.217 e. The van der Waals surface area contributed by atoms with Crippen molar-refractivity contribution in [1.29, 1.82) is 0 Å². The number of nitrogens with two attached hydrogens (primary N) is 1. The highest BCUT2D eigenvalue weighted by molar-refractivity contribution is 9.10. The van der Waals surface area contributed by atoms with Gasteiger partial charge in [-0.3, -0.25) is 4.79 Å². The largest absolute Gasteiger partial charge is 0.321 e. The minimum Gasteiger partial charge on any atom is -0.321 e. The lowest BCUT2D eigenvalue weighted by atomic mass is 10.1. The number of hydrogen-bond donors (Lipinski definition) is 1. The minimum absolute atomic E-state index is 0.515. The number of benzene rings is 1. The highest BCUT2D eigenvalue weighted by atomic mass is 79.9. The van der Waals surface area contributed by atoms with Crippen molar-refractivity contribution < 1.29 is 4.79 Å². The summed E-state index contributed by atoms with van der Waals surface area (Å²) in [5, 5.41) is 0. The average Bonchev–Trinajstić information content (AvgIpc) is 2.04. The van der Waals surface area contributed by atoms with Crippen molar-refractivity contribution in [3.05, 3.63) is 34.3 Å². The SMILES string of the molecule is N[C@H]([C]=O)Cc1cccc(Br)c1. The van der Waals surface area contributed by atoms with Crippen molar-refractivity contribution in [3.8, 4) is 0 Å². The Morgan fingerprint density at radius 1 is 1.58 bits per heavy atom. The first kappa shape index (κ1) is 9.42. The first-order valence-electron chi connectivity index (χ1n) is 3.60. The van der Waals surface area contributed by atoms with Crippen LogP contribution in [0.3, 0.4) is 0 Å². The van der Waals surface area contributed by atoms with Crippen LogP contribution in [-0.4, -0.2) is 12.3 Å². The van der Waals surface area contributed by atoms with Gasteiger partial charge in [-0.2, -0.15) is 0 Å². The second kappa shape index (κ2) is 4.38. The first-order chi connectivity index (χ1) is 5.72. The molecule has 3 heteroatoms. The van der Waals surface area contributed by atoms with Gasteiger partial charge in [0.25, 0.3) is 0 Å². The van der Waals surface area contributed by atoms with Gasteiger partial charge in [-0.15, -0.1) is 0 Å². The quantitative estimate of drug-likeness (QED) is 0.848. The maximum atomic E-state index is 10.1. The van der Waals surface area contributed by atoms with Gasteiger partial charge in [-0.25, -0.2) is 0 Å². The van der Waals surface area contributed by atoms with Gasteiger partial charge in [0.15, 0.2) is 0 Å². The molecule has 0 heterocycles. The first-order valence-corrected chi connectivity index (χ1v) is 4.39. The zero-order valence-electron chi connectivity index (χ0n) is 6.46. The lowest BCUT2D eigenvalue weighted by Crippen LogP contribution is -2.23. The molecule has 1 aromatic rings. The number of hydrogen-bond acceptors (Lipinski definition) is 2. The third-order valence-corrected chi connectivity index (χ3v) is 1.99. The standard InChI is InChI=1S/C9H9BrNO/c10-8-3-1-2-7(4-8)5-9(11)6-12/h1-4,9H,5,11H2/t9-/m0/s1. The molecule has 1 rings (SSSR count). The van der Waals surface area contributed by atoms with Gasteiger partial charge in [0.05, 0.1) is 6.04 Å². The number of halogens is 1. The monoisotopic (exact) mass is 226 g/mol. The molecule has 1 radical (unpaired) electrons. The van der Waals surface area contributed by atoms with Gasteiger partial charge in [-0.1, -0.05) is 28.1 Å². The van der Waals surface area contributed by atoms with Gasteiger partial charge < -0.3 is 5.73 Å². The van der Waals surface area contributed by atoms with Gasteiger partial charge in [0, 0.05) is 4.47 Å². The van der Waals surface area contributed by atoms with E-state index in [0.29, 0.717) is 6.42 Å². The lowest BCUT2D eigenvalue weighted by Gasteiger charge is -2.02. The van der Waals surface area contributed by atoms with E-state index in [0.717, 1.165) is 10.0 Å². The molecule has 0 unspecified atom stereocenters. The summed E-state index contributed by atoms with van der Waals surface area (Å²) in [5.41, 5.74) is 6.46. The summed E-state index contributed by atoms with van der Waals surface area (Å²) in [6, 6.07) is 7.20. The van der Waals surface area contributed by atoms with E-state index in [1.165, 1.54) is 0 Å². The molecule has 1 atom stereocenters. The molecule has 0 aliphatic carbocycles. The van der Waals surface area contributed by atoms with E-state index in [-0.39, 0.29) is 0 Å². The van der Waals surface area contributed by atoms with Crippen LogP contribution < -0.4 is 5.73 Å². The van der Waals surface area contributed by atoms with Crippen LogP contribution in [0.25, 0.3) is 0 Å². The molecule has 1 aromatic carbocycles. The van der Waals surface area contributed by atoms with Gasteiger partial charge in [-0.05, 0) is 24.1 Å². The van der Waals surface area contributed by atoms with Gasteiger partial charge in [0.2, 0.25) is 6.29 Å². The van der Waals surface area contributed by atoms with Crippen molar-refractivity contribution in [2.45, 2.75) is 12.5 Å². The van der Waals surface area contributed by atoms with Crippen molar-refractivity contribution in [3.63, 3.8) is 0 Å². The maximum Gasteiger partial charge on any atom is 0.217 e. The molecule has 0 fully saturated rings. The molecule has 0 spiro atoms. The Kier molecular flexibility index (Phi) is 3.44. The van der Waals surface area contributed by atoms with Crippen LogP contribution in [0.5, 0.6) is 0 Å². The van der Waals surface area contributed by atoms with Crippen molar-refractivity contribution in [2.75, 3.05) is 0 Å². The summed E-state index contributed by atoms with van der Waals surface area (Å²) in [6.07, 6.45) is 2.29. The van der Waals surface area contributed by atoms with Crippen LogP contribution in [0.2, 0.25) is 0 Å². The molecule has 2 N–H and O–H groups in total. The topological polar surface area (TPSA) is 43.1 Å². The Balaban J connectivity index is 2.69. The van der Waals surface area contributed by atoms with E-state index in [2.05, 4.69) is 15.9 Å². The molecule has 0 aliphatic heterocycles. The van der Waals surface area contributed by atoms with E-state index in [9.17, 15) is 4.79 Å². The van der Waals surface area contributed by atoms with Crippen molar-refractivity contribution >= 4 is 22.2 Å². The highest BCUT2D eigenvalue weighted by Gasteiger charge is 2.02. The summed E-state index contributed by atoms with van der Waals surface area (Å²) in [6.45, 7) is 0. The second-order valence-corrected chi connectivity index (χ2v) is 3.47. The number of rotatable bonds is 3. The van der Waals surface area contributed by atoms with Gasteiger partial charge in [0.1, 0.15) is 0 Å². The maximum absolute atomic E-state index is 10.1. The summed E-state index contributed by atoms with van der Waals surface area (Å²) in [4.78, 5) is 10.1. The highest BCUT2D eigenvalue weighted by Crippen LogP contribution is 2.12. The normalized spacial score (nSPS) is 12.5. The minimum atomic E-state index is -0.515. The Morgan fingerprint density at radius 2 is 2.33 bits per heavy atom. The lowest BCUT2D eigenvalue weighted by molar-refractivity contribution is 0.541. The Bertz CT molecular complexity index is 275. The molecule has 0 bridgehead atoms. The fourth-order valence-electron chi connectivity index (χ4n) is 0.960. The van der Waals surface area contributed by atoms with E-state index in [1.54, 1.807) is 6.29 Å². The molecule has 12 heavy (non-hydrogen) atoms. The Hall–Kier alpha value is -0.670. The molecule has 0 saturated carbocycles. The third kappa shape index (κ3) is 2.75. The van der Waals surface area contributed by atoms with Crippen molar-refractivity contribution in [2.24, 2.45) is 5.73 Å². The molecule has 0 amide bonds. The fourth-order valence-corrected chi connectivity index (χ4v) is 1.41. The van der Waals surface area contributed by atoms with Crippen LogP contribution in [0.4, 0.5) is 0 Å². The van der Waals surface area contributed by atoms with Crippen molar-refractivity contribution in [1.82, 2.24) is 0 Å². The van der Waals surface area contributed by atoms with Crippen LogP contribution in [0, 0.1) is 0 Å². The van der Waals surface area contributed by atoms with Crippen LogP contribution in [0.1, 0.15) is 5.56 Å². The summed E-state index contributed by atoms with van der Waals surface area (Å²) in [7, 11) is 0. The molecule has 0 aromatic heterocycles. The van der Waals surface area contributed by atoms with Crippen LogP contribution >= 0.6 is 15.9 Å². The Morgan fingerprint density at radius 3 is 2.92 bits per heavy atom. The number of carbonyl (C=O) groups excluding carboxylic acids is 1. The summed E-state index contributed by atoms with van der Waals surface area (Å²) in [5.74, 6) is 0. The zero-order chi connectivity index (χ0) is 8.97. The molecule has 2 nitrogen and oxygen atoms in total. The Labute approximate surface area is 79.9 Å². The van der Waals surface area contributed by atoms with Crippen LogP contribution in [-0.2, 0) is 11.2 Å². The van der Waals surface area contributed by atoms with E-state index in [1.807, 2.05) is 24.3 Å². The molecule has 0 aliphatic rings. The fraction of sp³-hybridized carbons (Fsp3) is 0.222. The molecule has 0 saturated heterocycles. The summed E-state index contributed by atoms with van der Waals surface area (Å²) >= 11 is 3.33. The third-order valence-electron chi connectivity index (χ3n) is 1.50. The molecular weight excluding hydrogens is 218 g/mol. The predicted octanol–water partition coefficient (Wildman–Crippen LogP) is 1.43. The van der Waals surface area contributed by atoms with Gasteiger partial charge >= 0.3 is 0 Å². The van der Waals surface area contributed by atoms with Crippen LogP contribution in [0.15, 0.2) is 28.7 Å². The summed E-state index contributed by atoms with van der Waals surface area (Å²) < 4.78 is 0.998. The molecular formula is C9H9BrNO. The van der Waals surface area contributed by atoms with E-state index < -0.39 is 6.04 Å². The predicted molar refractivity (Wildman–Crippen MR) is 51.5 cm³/mol. The van der Waals surface area contributed by atoms with E-state index in [4.69, 9.17) is 5.73 Å². The molecule has 63 valence electrons. The second-order valence-electron chi connectivity index (χ2n) is 2.56. The average molecular weight is 227 g/mol.